The Morgan fingerprint density at radius 1 is 1.14 bits per heavy atom. The maximum atomic E-state index is 13.1. The first-order valence-electron chi connectivity index (χ1n) is 7.19. The number of rotatable bonds is 2. The maximum Gasteiger partial charge on any atom is 0.416 e. The summed E-state index contributed by atoms with van der Waals surface area (Å²) < 4.78 is 39.3. The third-order valence-electron chi connectivity index (χ3n) is 4.58. The molecule has 0 amide bonds. The molecule has 1 aromatic carbocycles. The van der Waals surface area contributed by atoms with Crippen molar-refractivity contribution in [1.82, 2.24) is 9.80 Å². The van der Waals surface area contributed by atoms with Crippen molar-refractivity contribution in [3.63, 3.8) is 0 Å². The number of alkyl halides is 3. The second kappa shape index (κ2) is 5.18. The third kappa shape index (κ3) is 3.01. The van der Waals surface area contributed by atoms with Gasteiger partial charge in [0.15, 0.2) is 0 Å². The van der Waals surface area contributed by atoms with Gasteiger partial charge in [-0.3, -0.25) is 4.90 Å². The largest absolute Gasteiger partial charge is 0.416 e. The first kappa shape index (κ1) is 14.7. The molecule has 2 aliphatic heterocycles. The number of nitrogen functional groups attached to an aromatic ring is 1. The van der Waals surface area contributed by atoms with E-state index in [0.29, 0.717) is 23.9 Å². The van der Waals surface area contributed by atoms with Gasteiger partial charge in [0, 0.05) is 38.4 Å². The van der Waals surface area contributed by atoms with Gasteiger partial charge in [-0.05, 0) is 36.6 Å². The predicted molar refractivity (Wildman–Crippen MR) is 75.6 cm³/mol. The van der Waals surface area contributed by atoms with E-state index in [1.807, 2.05) is 0 Å². The summed E-state index contributed by atoms with van der Waals surface area (Å²) in [5, 5.41) is 0. The van der Waals surface area contributed by atoms with Crippen molar-refractivity contribution in [3.8, 4) is 0 Å². The highest BCUT2D eigenvalue weighted by molar-refractivity contribution is 5.46. The molecule has 0 saturated carbocycles. The highest BCUT2D eigenvalue weighted by Gasteiger charge is 2.39. The number of nitrogens with zero attached hydrogens (tertiary/aromatic N) is 2. The summed E-state index contributed by atoms with van der Waals surface area (Å²) in [6.07, 6.45) is -4.35. The van der Waals surface area contributed by atoms with Crippen molar-refractivity contribution >= 4 is 5.69 Å². The Labute approximate surface area is 122 Å². The van der Waals surface area contributed by atoms with Crippen molar-refractivity contribution in [3.05, 3.63) is 29.3 Å². The topological polar surface area (TPSA) is 32.5 Å². The third-order valence-corrected chi connectivity index (χ3v) is 4.58. The Morgan fingerprint density at radius 2 is 1.76 bits per heavy atom. The fourth-order valence-corrected chi connectivity index (χ4v) is 3.69. The van der Waals surface area contributed by atoms with Gasteiger partial charge in [0.05, 0.1) is 5.56 Å². The van der Waals surface area contributed by atoms with Gasteiger partial charge in [-0.2, -0.15) is 13.2 Å². The molecule has 3 nitrogen and oxygen atoms in total. The van der Waals surface area contributed by atoms with Gasteiger partial charge in [0.1, 0.15) is 0 Å². The highest BCUT2D eigenvalue weighted by atomic mass is 19.4. The van der Waals surface area contributed by atoms with Crippen LogP contribution in [0.25, 0.3) is 0 Å². The minimum Gasteiger partial charge on any atom is -0.399 e. The molecule has 2 N–H and O–H groups in total. The zero-order valence-corrected chi connectivity index (χ0v) is 12.0. The Morgan fingerprint density at radius 3 is 2.33 bits per heavy atom. The molecule has 2 saturated heterocycles. The van der Waals surface area contributed by atoms with E-state index < -0.39 is 11.7 Å². The molecule has 0 aliphatic carbocycles. The molecule has 0 aromatic heterocycles. The average Bonchev–Trinajstić information content (AvgIpc) is 2.86. The van der Waals surface area contributed by atoms with Crippen molar-refractivity contribution < 1.29 is 13.2 Å². The maximum absolute atomic E-state index is 13.1. The van der Waals surface area contributed by atoms with E-state index in [0.717, 1.165) is 32.2 Å². The zero-order valence-electron chi connectivity index (χ0n) is 12.0. The van der Waals surface area contributed by atoms with Crippen molar-refractivity contribution in [1.29, 1.82) is 0 Å². The van der Waals surface area contributed by atoms with E-state index >= 15 is 0 Å². The van der Waals surface area contributed by atoms with Gasteiger partial charge in [-0.15, -0.1) is 0 Å². The molecule has 116 valence electrons. The number of halogens is 3. The minimum atomic E-state index is -4.35. The normalized spacial score (nSPS) is 27.2. The van der Waals surface area contributed by atoms with Crippen LogP contribution in [0.5, 0.6) is 0 Å². The Hall–Kier alpha value is -1.27. The van der Waals surface area contributed by atoms with E-state index in [9.17, 15) is 13.2 Å². The fraction of sp³-hybridized carbons (Fsp3) is 0.600. The first-order chi connectivity index (χ1) is 9.83. The van der Waals surface area contributed by atoms with Crippen LogP contribution in [-0.4, -0.2) is 43.0 Å². The molecule has 0 radical (unpaired) electrons. The minimum absolute atomic E-state index is 0.158. The van der Waals surface area contributed by atoms with Crippen LogP contribution in [-0.2, 0) is 12.7 Å². The Kier molecular flexibility index (Phi) is 3.61. The molecular weight excluding hydrogens is 279 g/mol. The van der Waals surface area contributed by atoms with Gasteiger partial charge in [0.25, 0.3) is 0 Å². The summed E-state index contributed by atoms with van der Waals surface area (Å²) in [5.74, 6) is 1.19. The molecule has 21 heavy (non-hydrogen) atoms. The summed E-state index contributed by atoms with van der Waals surface area (Å²) in [5.41, 5.74) is 5.39. The Balaban J connectivity index is 1.74. The monoisotopic (exact) mass is 299 g/mol. The van der Waals surface area contributed by atoms with Gasteiger partial charge >= 0.3 is 6.18 Å². The molecule has 2 fully saturated rings. The van der Waals surface area contributed by atoms with E-state index in [-0.39, 0.29) is 5.69 Å². The van der Waals surface area contributed by atoms with Gasteiger partial charge < -0.3 is 10.6 Å². The Bertz CT molecular complexity index is 515. The fourth-order valence-electron chi connectivity index (χ4n) is 3.69. The molecule has 2 aliphatic rings. The molecular formula is C15H20F3N3. The van der Waals surface area contributed by atoms with Gasteiger partial charge in [-0.1, -0.05) is 6.07 Å². The molecule has 0 unspecified atom stereocenters. The first-order valence-corrected chi connectivity index (χ1v) is 7.19. The number of nitrogens with two attached hydrogens (primary N) is 1. The summed E-state index contributed by atoms with van der Waals surface area (Å²) in [6.45, 7) is 4.23. The molecule has 0 bridgehead atoms. The number of fused-ring (bicyclic) bond motifs is 1. The lowest BCUT2D eigenvalue weighted by Crippen LogP contribution is -2.27. The molecule has 1 aromatic rings. The molecule has 0 spiro atoms. The molecule has 2 atom stereocenters. The van der Waals surface area contributed by atoms with E-state index in [1.165, 1.54) is 6.07 Å². The van der Waals surface area contributed by atoms with Crippen LogP contribution < -0.4 is 5.73 Å². The number of hydrogen-bond acceptors (Lipinski definition) is 3. The predicted octanol–water partition coefficient (Wildman–Crippen LogP) is 2.28. The van der Waals surface area contributed by atoms with E-state index in [2.05, 4.69) is 16.8 Å². The van der Waals surface area contributed by atoms with Crippen molar-refractivity contribution in [2.24, 2.45) is 11.8 Å². The smallest absolute Gasteiger partial charge is 0.399 e. The standard InChI is InChI=1S/C15H20F3N3/c1-20-5-11-8-21(9-12(11)6-20)7-10-2-3-13(19)4-14(10)15(16,17)18/h2-4,11-12H,5-9,19H2,1H3/t11-,12+. The molecule has 3 rings (SSSR count). The number of anilines is 1. The lowest BCUT2D eigenvalue weighted by Gasteiger charge is -2.21. The summed E-state index contributed by atoms with van der Waals surface area (Å²) >= 11 is 0. The second-order valence-electron chi connectivity index (χ2n) is 6.35. The van der Waals surface area contributed by atoms with Crippen LogP contribution in [0.2, 0.25) is 0 Å². The summed E-state index contributed by atoms with van der Waals surface area (Å²) in [4.78, 5) is 4.44. The molecule has 2 heterocycles. The van der Waals surface area contributed by atoms with Gasteiger partial charge in [-0.25, -0.2) is 0 Å². The summed E-state index contributed by atoms with van der Waals surface area (Å²) in [7, 11) is 2.10. The van der Waals surface area contributed by atoms with Crippen LogP contribution in [0.3, 0.4) is 0 Å². The molecule has 6 heteroatoms. The summed E-state index contributed by atoms with van der Waals surface area (Å²) in [6, 6.07) is 4.10. The number of benzene rings is 1. The van der Waals surface area contributed by atoms with E-state index in [4.69, 9.17) is 5.73 Å². The van der Waals surface area contributed by atoms with Crippen LogP contribution in [0.1, 0.15) is 11.1 Å². The van der Waals surface area contributed by atoms with Crippen LogP contribution in [0.15, 0.2) is 18.2 Å². The number of likely N-dealkylation sites (tertiary alicyclic amines) is 2. The zero-order chi connectivity index (χ0) is 15.2. The van der Waals surface area contributed by atoms with E-state index in [1.54, 1.807) is 6.07 Å². The van der Waals surface area contributed by atoms with Crippen LogP contribution in [0.4, 0.5) is 18.9 Å². The van der Waals surface area contributed by atoms with Crippen molar-refractivity contribution in [2.75, 3.05) is 39.0 Å². The van der Waals surface area contributed by atoms with Gasteiger partial charge in [0.2, 0.25) is 0 Å². The number of hydrogen-bond donors (Lipinski definition) is 1. The highest BCUT2D eigenvalue weighted by Crippen LogP contribution is 2.36. The second-order valence-corrected chi connectivity index (χ2v) is 6.35. The SMILES string of the molecule is CN1C[C@@H]2CN(Cc3ccc(N)cc3C(F)(F)F)C[C@@H]2C1. The lowest BCUT2D eigenvalue weighted by atomic mass is 10.0. The lowest BCUT2D eigenvalue weighted by molar-refractivity contribution is -0.138. The van der Waals surface area contributed by atoms with Crippen LogP contribution in [0, 0.1) is 11.8 Å². The van der Waals surface area contributed by atoms with Crippen LogP contribution >= 0.6 is 0 Å². The quantitative estimate of drug-likeness (QED) is 0.850. The average molecular weight is 299 g/mol. The van der Waals surface area contributed by atoms with Crippen molar-refractivity contribution in [2.45, 2.75) is 12.7 Å².